The SMILES string of the molecule is CC(CC[CH]O)C(=O)O. The van der Waals surface area contributed by atoms with Crippen LogP contribution in [0.4, 0.5) is 0 Å². The number of rotatable bonds is 4. The van der Waals surface area contributed by atoms with Gasteiger partial charge in [0.1, 0.15) is 0 Å². The molecule has 9 heavy (non-hydrogen) atoms. The van der Waals surface area contributed by atoms with E-state index in [1.807, 2.05) is 0 Å². The van der Waals surface area contributed by atoms with E-state index in [9.17, 15) is 4.79 Å². The van der Waals surface area contributed by atoms with Crippen molar-refractivity contribution in [3.05, 3.63) is 6.61 Å². The molecule has 0 aliphatic heterocycles. The molecule has 0 saturated heterocycles. The third-order valence-electron chi connectivity index (χ3n) is 1.15. The van der Waals surface area contributed by atoms with Gasteiger partial charge in [-0.3, -0.25) is 4.79 Å². The molecule has 0 aromatic rings. The highest BCUT2D eigenvalue weighted by molar-refractivity contribution is 5.69. The maximum absolute atomic E-state index is 10.1. The van der Waals surface area contributed by atoms with Gasteiger partial charge in [0, 0.05) is 0 Å². The van der Waals surface area contributed by atoms with Crippen molar-refractivity contribution in [2.24, 2.45) is 5.92 Å². The minimum Gasteiger partial charge on any atom is -0.481 e. The first kappa shape index (κ1) is 8.43. The van der Waals surface area contributed by atoms with Crippen LogP contribution in [0.5, 0.6) is 0 Å². The van der Waals surface area contributed by atoms with E-state index in [1.165, 1.54) is 0 Å². The number of carboxylic acids is 1. The average Bonchev–Trinajstić information content (AvgIpc) is 1.82. The average molecular weight is 131 g/mol. The van der Waals surface area contributed by atoms with Gasteiger partial charge in [-0.05, 0) is 12.8 Å². The molecule has 3 nitrogen and oxygen atoms in total. The van der Waals surface area contributed by atoms with Gasteiger partial charge in [0.05, 0.1) is 12.5 Å². The third kappa shape index (κ3) is 3.97. The van der Waals surface area contributed by atoms with Crippen molar-refractivity contribution in [1.29, 1.82) is 0 Å². The maximum Gasteiger partial charge on any atom is 0.306 e. The van der Waals surface area contributed by atoms with Gasteiger partial charge in [0.25, 0.3) is 0 Å². The maximum atomic E-state index is 10.1. The summed E-state index contributed by atoms with van der Waals surface area (Å²) in [7, 11) is 0. The van der Waals surface area contributed by atoms with E-state index < -0.39 is 5.97 Å². The van der Waals surface area contributed by atoms with Crippen LogP contribution in [-0.2, 0) is 4.79 Å². The van der Waals surface area contributed by atoms with Gasteiger partial charge in [-0.2, -0.15) is 0 Å². The van der Waals surface area contributed by atoms with E-state index in [0.717, 1.165) is 6.61 Å². The Bertz CT molecular complexity index is 90.3. The van der Waals surface area contributed by atoms with Gasteiger partial charge in [-0.1, -0.05) is 6.92 Å². The van der Waals surface area contributed by atoms with Gasteiger partial charge in [-0.25, -0.2) is 0 Å². The summed E-state index contributed by atoms with van der Waals surface area (Å²) in [6, 6.07) is 0. The smallest absolute Gasteiger partial charge is 0.306 e. The van der Waals surface area contributed by atoms with Gasteiger partial charge < -0.3 is 10.2 Å². The van der Waals surface area contributed by atoms with Crippen LogP contribution < -0.4 is 0 Å². The number of aliphatic hydroxyl groups excluding tert-OH is 1. The van der Waals surface area contributed by atoms with Crippen LogP contribution in [0.1, 0.15) is 19.8 Å². The highest BCUT2D eigenvalue weighted by atomic mass is 16.4. The number of carbonyl (C=O) groups is 1. The van der Waals surface area contributed by atoms with Crippen molar-refractivity contribution >= 4 is 5.97 Å². The second-order valence-electron chi connectivity index (χ2n) is 2.00. The first-order chi connectivity index (χ1) is 4.18. The van der Waals surface area contributed by atoms with Crippen LogP contribution >= 0.6 is 0 Å². The molecule has 0 bridgehead atoms. The number of aliphatic hydroxyl groups is 1. The summed E-state index contributed by atoms with van der Waals surface area (Å²) >= 11 is 0. The number of hydrogen-bond acceptors (Lipinski definition) is 2. The molecule has 0 fully saturated rings. The monoisotopic (exact) mass is 131 g/mol. The number of aliphatic carboxylic acids is 1. The van der Waals surface area contributed by atoms with Gasteiger partial charge in [-0.15, -0.1) is 0 Å². The Morgan fingerprint density at radius 1 is 1.78 bits per heavy atom. The fourth-order valence-corrected chi connectivity index (χ4v) is 0.448. The molecule has 0 aliphatic rings. The molecule has 1 radical (unpaired) electrons. The van der Waals surface area contributed by atoms with Gasteiger partial charge in [0.2, 0.25) is 0 Å². The zero-order valence-corrected chi connectivity index (χ0v) is 5.37. The van der Waals surface area contributed by atoms with Crippen LogP contribution in [0.25, 0.3) is 0 Å². The zero-order valence-electron chi connectivity index (χ0n) is 5.37. The minimum absolute atomic E-state index is 0.353. The molecular weight excluding hydrogens is 120 g/mol. The Kier molecular flexibility index (Phi) is 4.05. The fraction of sp³-hybridized carbons (Fsp3) is 0.667. The fourth-order valence-electron chi connectivity index (χ4n) is 0.448. The molecule has 0 saturated carbocycles. The van der Waals surface area contributed by atoms with E-state index in [1.54, 1.807) is 6.92 Å². The Labute approximate surface area is 54.3 Å². The Morgan fingerprint density at radius 2 is 2.33 bits per heavy atom. The van der Waals surface area contributed by atoms with Gasteiger partial charge in [0.15, 0.2) is 0 Å². The number of hydrogen-bond donors (Lipinski definition) is 2. The first-order valence-electron chi connectivity index (χ1n) is 2.87. The van der Waals surface area contributed by atoms with Crippen molar-refractivity contribution in [3.8, 4) is 0 Å². The Balaban J connectivity index is 3.27. The summed E-state index contributed by atoms with van der Waals surface area (Å²) in [5, 5.41) is 16.5. The largest absolute Gasteiger partial charge is 0.481 e. The van der Waals surface area contributed by atoms with Crippen LogP contribution in [-0.4, -0.2) is 16.2 Å². The van der Waals surface area contributed by atoms with Crippen LogP contribution in [0, 0.1) is 12.5 Å². The number of carboxylic acid groups (broad SMARTS) is 1. The molecular formula is C6H11O3. The summed E-state index contributed by atoms with van der Waals surface area (Å²) in [4.78, 5) is 10.1. The molecule has 0 heterocycles. The van der Waals surface area contributed by atoms with Crippen molar-refractivity contribution in [2.45, 2.75) is 19.8 Å². The molecule has 1 unspecified atom stereocenters. The zero-order chi connectivity index (χ0) is 7.28. The lowest BCUT2D eigenvalue weighted by Gasteiger charge is -2.01. The van der Waals surface area contributed by atoms with Crippen LogP contribution in [0.15, 0.2) is 0 Å². The second-order valence-corrected chi connectivity index (χ2v) is 2.00. The summed E-state index contributed by atoms with van der Waals surface area (Å²) in [5.74, 6) is -1.16. The summed E-state index contributed by atoms with van der Waals surface area (Å²) < 4.78 is 0. The van der Waals surface area contributed by atoms with Crippen molar-refractivity contribution < 1.29 is 15.0 Å². The second kappa shape index (κ2) is 4.32. The molecule has 0 spiro atoms. The van der Waals surface area contributed by atoms with Crippen LogP contribution in [0.2, 0.25) is 0 Å². The Morgan fingerprint density at radius 3 is 2.67 bits per heavy atom. The topological polar surface area (TPSA) is 57.5 Å². The quantitative estimate of drug-likeness (QED) is 0.598. The molecule has 0 aromatic carbocycles. The lowest BCUT2D eigenvalue weighted by Crippen LogP contribution is -2.08. The minimum atomic E-state index is -0.808. The molecule has 2 N–H and O–H groups in total. The first-order valence-corrected chi connectivity index (χ1v) is 2.87. The highest BCUT2D eigenvalue weighted by Crippen LogP contribution is 2.05. The lowest BCUT2D eigenvalue weighted by atomic mass is 10.1. The molecule has 0 amide bonds. The lowest BCUT2D eigenvalue weighted by molar-refractivity contribution is -0.141. The van der Waals surface area contributed by atoms with E-state index in [2.05, 4.69) is 0 Å². The third-order valence-corrected chi connectivity index (χ3v) is 1.15. The van der Waals surface area contributed by atoms with Crippen molar-refractivity contribution in [3.63, 3.8) is 0 Å². The summed E-state index contributed by atoms with van der Waals surface area (Å²) in [6.45, 7) is 2.60. The molecule has 0 aliphatic carbocycles. The van der Waals surface area contributed by atoms with E-state index >= 15 is 0 Å². The predicted octanol–water partition coefficient (Wildman–Crippen LogP) is 1.02. The van der Waals surface area contributed by atoms with E-state index in [4.69, 9.17) is 10.2 Å². The Hall–Kier alpha value is -0.570. The van der Waals surface area contributed by atoms with Crippen molar-refractivity contribution in [2.75, 3.05) is 0 Å². The molecule has 0 aromatic heterocycles. The van der Waals surface area contributed by atoms with Crippen LogP contribution in [0.3, 0.4) is 0 Å². The molecule has 1 atom stereocenters. The molecule has 53 valence electrons. The predicted molar refractivity (Wildman–Crippen MR) is 32.3 cm³/mol. The normalized spacial score (nSPS) is 13.1. The van der Waals surface area contributed by atoms with E-state index in [0.29, 0.717) is 12.8 Å². The van der Waals surface area contributed by atoms with E-state index in [-0.39, 0.29) is 5.92 Å². The highest BCUT2D eigenvalue weighted by Gasteiger charge is 2.08. The standard InChI is InChI=1S/C6H11O3/c1-5(6(8)9)3-2-4-7/h4-5,7H,2-3H2,1H3,(H,8,9). The molecule has 0 rings (SSSR count). The summed E-state index contributed by atoms with van der Waals surface area (Å²) in [5.41, 5.74) is 0. The summed E-state index contributed by atoms with van der Waals surface area (Å²) in [6.07, 6.45) is 0.958. The van der Waals surface area contributed by atoms with Gasteiger partial charge >= 0.3 is 5.97 Å². The van der Waals surface area contributed by atoms with Crippen molar-refractivity contribution in [1.82, 2.24) is 0 Å². The molecule has 3 heteroatoms.